The van der Waals surface area contributed by atoms with E-state index in [1.807, 2.05) is 73.7 Å². The van der Waals surface area contributed by atoms with Gasteiger partial charge in [0.25, 0.3) is 5.56 Å². The van der Waals surface area contributed by atoms with Crippen molar-refractivity contribution >= 4 is 61.8 Å². The van der Waals surface area contributed by atoms with Gasteiger partial charge in [0.1, 0.15) is 5.82 Å². The number of hydrogen-bond donors (Lipinski definition) is 1. The molecular formula is C30H23BrCl2N4O2. The van der Waals surface area contributed by atoms with E-state index in [1.54, 1.807) is 39.8 Å². The van der Waals surface area contributed by atoms with Gasteiger partial charge < -0.3 is 10.2 Å². The van der Waals surface area contributed by atoms with Crippen molar-refractivity contribution in [3.63, 3.8) is 0 Å². The molecule has 1 aromatic heterocycles. The smallest absolute Gasteiger partial charge is 0.310 e. The van der Waals surface area contributed by atoms with Gasteiger partial charge in [0.2, 0.25) is 0 Å². The minimum Gasteiger partial charge on any atom is -0.310 e. The van der Waals surface area contributed by atoms with E-state index in [9.17, 15) is 9.59 Å². The van der Waals surface area contributed by atoms with Gasteiger partial charge in [0.15, 0.2) is 0 Å². The van der Waals surface area contributed by atoms with E-state index in [-0.39, 0.29) is 18.1 Å². The molecule has 4 aromatic carbocycles. The molecule has 0 spiro atoms. The highest BCUT2D eigenvalue weighted by molar-refractivity contribution is 9.10. The summed E-state index contributed by atoms with van der Waals surface area (Å²) in [4.78, 5) is 34.1. The molecule has 6 nitrogen and oxygen atoms in total. The fraction of sp³-hybridized carbons (Fsp3) is 0.100. The van der Waals surface area contributed by atoms with Crippen LogP contribution in [0.5, 0.6) is 0 Å². The van der Waals surface area contributed by atoms with Crippen molar-refractivity contribution in [2.24, 2.45) is 0 Å². The lowest BCUT2D eigenvalue weighted by atomic mass is 10.1. The van der Waals surface area contributed by atoms with Crippen LogP contribution >= 0.6 is 39.1 Å². The molecule has 0 aliphatic carbocycles. The molecule has 0 fully saturated rings. The van der Waals surface area contributed by atoms with E-state index >= 15 is 0 Å². The van der Waals surface area contributed by atoms with Gasteiger partial charge in [-0.15, -0.1) is 0 Å². The number of hydrogen-bond acceptors (Lipinski definition) is 3. The van der Waals surface area contributed by atoms with E-state index < -0.39 is 6.04 Å². The molecule has 1 N–H and O–H groups in total. The van der Waals surface area contributed by atoms with Crippen molar-refractivity contribution in [2.75, 3.05) is 5.32 Å². The molecule has 2 amide bonds. The molecule has 0 aliphatic heterocycles. The Labute approximate surface area is 244 Å². The van der Waals surface area contributed by atoms with Crippen molar-refractivity contribution < 1.29 is 4.79 Å². The number of para-hydroxylation sites is 1. The molecule has 0 radical (unpaired) electrons. The topological polar surface area (TPSA) is 67.2 Å². The maximum absolute atomic E-state index is 13.8. The number of benzene rings is 4. The van der Waals surface area contributed by atoms with Gasteiger partial charge >= 0.3 is 6.03 Å². The lowest BCUT2D eigenvalue weighted by molar-refractivity contribution is 0.185. The van der Waals surface area contributed by atoms with Crippen molar-refractivity contribution in [2.45, 2.75) is 19.5 Å². The van der Waals surface area contributed by atoms with Gasteiger partial charge in [-0.3, -0.25) is 9.36 Å². The number of carbonyl (C=O) groups excluding carboxylic acids is 1. The first-order chi connectivity index (χ1) is 18.8. The Balaban J connectivity index is 1.63. The number of nitrogens with one attached hydrogen (secondary N) is 1. The summed E-state index contributed by atoms with van der Waals surface area (Å²) in [6.45, 7) is 2.14. The fourth-order valence-electron chi connectivity index (χ4n) is 4.34. The van der Waals surface area contributed by atoms with Crippen LogP contribution in [0, 0.1) is 0 Å². The van der Waals surface area contributed by atoms with Crippen molar-refractivity contribution in [3.05, 3.63) is 133 Å². The predicted molar refractivity (Wildman–Crippen MR) is 161 cm³/mol. The third kappa shape index (κ3) is 5.86. The highest BCUT2D eigenvalue weighted by Gasteiger charge is 2.27. The average Bonchev–Trinajstić information content (AvgIpc) is 2.94. The van der Waals surface area contributed by atoms with Gasteiger partial charge in [0, 0.05) is 16.7 Å². The number of amides is 2. The quantitative estimate of drug-likeness (QED) is 0.208. The zero-order valence-electron chi connectivity index (χ0n) is 20.8. The highest BCUT2D eigenvalue weighted by Crippen LogP contribution is 2.28. The van der Waals surface area contributed by atoms with Gasteiger partial charge in [-0.05, 0) is 67.1 Å². The first kappa shape index (κ1) is 26.9. The number of fused-ring (bicyclic) bond motifs is 1. The summed E-state index contributed by atoms with van der Waals surface area (Å²) in [6, 6.07) is 28.2. The summed E-state index contributed by atoms with van der Waals surface area (Å²) < 4.78 is 2.46. The van der Waals surface area contributed by atoms with Crippen LogP contribution in [0.15, 0.2) is 106 Å². The molecule has 0 bridgehead atoms. The number of urea groups is 1. The minimum atomic E-state index is -0.603. The van der Waals surface area contributed by atoms with Gasteiger partial charge in [-0.1, -0.05) is 81.6 Å². The van der Waals surface area contributed by atoms with Crippen molar-refractivity contribution in [1.82, 2.24) is 14.5 Å². The maximum atomic E-state index is 13.8. The Morgan fingerprint density at radius 2 is 1.64 bits per heavy atom. The van der Waals surface area contributed by atoms with E-state index in [0.717, 1.165) is 10.0 Å². The third-order valence-electron chi connectivity index (χ3n) is 6.36. The minimum absolute atomic E-state index is 0.214. The molecule has 196 valence electrons. The van der Waals surface area contributed by atoms with Crippen LogP contribution in [0.2, 0.25) is 10.0 Å². The fourth-order valence-corrected chi connectivity index (χ4v) is 4.91. The Morgan fingerprint density at radius 1 is 0.949 bits per heavy atom. The van der Waals surface area contributed by atoms with Crippen LogP contribution in [0.1, 0.15) is 24.4 Å². The van der Waals surface area contributed by atoms with Gasteiger partial charge in [-0.25, -0.2) is 9.78 Å². The van der Waals surface area contributed by atoms with Crippen LogP contribution in [0.4, 0.5) is 10.5 Å². The first-order valence-electron chi connectivity index (χ1n) is 12.2. The normalized spacial score (nSPS) is 11.8. The Morgan fingerprint density at radius 3 is 2.36 bits per heavy atom. The molecule has 1 atom stereocenters. The summed E-state index contributed by atoms with van der Waals surface area (Å²) in [7, 11) is 0. The number of rotatable bonds is 6. The monoisotopic (exact) mass is 620 g/mol. The number of anilines is 1. The number of carbonyl (C=O) groups is 1. The summed E-state index contributed by atoms with van der Waals surface area (Å²) >= 11 is 15.7. The predicted octanol–water partition coefficient (Wildman–Crippen LogP) is 8.25. The molecule has 1 unspecified atom stereocenters. The van der Waals surface area contributed by atoms with Crippen molar-refractivity contribution in [1.29, 1.82) is 0 Å². The standard InChI is InChI=1S/C30H23BrCl2N4O2/c1-19(28-35-27-10-6-5-9-24(27)29(38)37(28)23-14-11-21(31)12-15-23)36(18-20-7-3-2-4-8-20)30(39)34-22-13-16-25(32)26(33)17-22/h2-17,19H,18H2,1H3,(H,34,39). The van der Waals surface area contributed by atoms with Crippen LogP contribution in [-0.2, 0) is 6.54 Å². The third-order valence-corrected chi connectivity index (χ3v) is 7.62. The zero-order chi connectivity index (χ0) is 27.5. The molecule has 0 saturated heterocycles. The second-order valence-corrected chi connectivity index (χ2v) is 10.7. The largest absolute Gasteiger partial charge is 0.322 e. The lowest BCUT2D eigenvalue weighted by Gasteiger charge is -2.31. The summed E-state index contributed by atoms with van der Waals surface area (Å²) in [5.41, 5.74) is 2.41. The summed E-state index contributed by atoms with van der Waals surface area (Å²) in [5.74, 6) is 0.432. The molecule has 1 heterocycles. The van der Waals surface area contributed by atoms with E-state index in [0.29, 0.717) is 38.1 Å². The second-order valence-electron chi connectivity index (χ2n) is 8.95. The van der Waals surface area contributed by atoms with Crippen LogP contribution in [0.25, 0.3) is 16.6 Å². The molecular weight excluding hydrogens is 599 g/mol. The molecule has 5 aromatic rings. The Kier molecular flexibility index (Phi) is 8.02. The van der Waals surface area contributed by atoms with Gasteiger partial charge in [0.05, 0.1) is 32.7 Å². The highest BCUT2D eigenvalue weighted by atomic mass is 79.9. The molecule has 39 heavy (non-hydrogen) atoms. The van der Waals surface area contributed by atoms with Crippen LogP contribution in [-0.4, -0.2) is 20.5 Å². The van der Waals surface area contributed by atoms with Crippen molar-refractivity contribution in [3.8, 4) is 5.69 Å². The van der Waals surface area contributed by atoms with Crippen LogP contribution < -0.4 is 10.9 Å². The second kappa shape index (κ2) is 11.6. The SMILES string of the molecule is CC(c1nc2ccccc2c(=O)n1-c1ccc(Br)cc1)N(Cc1ccccc1)C(=O)Nc1ccc(Cl)c(Cl)c1. The number of nitrogens with zero attached hydrogens (tertiary/aromatic N) is 3. The van der Waals surface area contributed by atoms with E-state index in [4.69, 9.17) is 28.2 Å². The lowest BCUT2D eigenvalue weighted by Crippen LogP contribution is -2.39. The molecule has 5 rings (SSSR count). The van der Waals surface area contributed by atoms with Crippen LogP contribution in [0.3, 0.4) is 0 Å². The average molecular weight is 622 g/mol. The maximum Gasteiger partial charge on any atom is 0.322 e. The van der Waals surface area contributed by atoms with Gasteiger partial charge in [-0.2, -0.15) is 0 Å². The Hall–Kier alpha value is -3.65. The number of aromatic nitrogens is 2. The first-order valence-corrected chi connectivity index (χ1v) is 13.7. The molecule has 9 heteroatoms. The summed E-state index contributed by atoms with van der Waals surface area (Å²) in [6.07, 6.45) is 0. The van der Waals surface area contributed by atoms with E-state index in [2.05, 4.69) is 21.2 Å². The summed E-state index contributed by atoms with van der Waals surface area (Å²) in [5, 5.41) is 4.14. The number of halogens is 3. The molecule has 0 saturated carbocycles. The Bertz CT molecular complexity index is 1710. The van der Waals surface area contributed by atoms with E-state index in [1.165, 1.54) is 0 Å². The zero-order valence-corrected chi connectivity index (χ0v) is 23.9. The molecule has 0 aliphatic rings.